The van der Waals surface area contributed by atoms with Gasteiger partial charge in [-0.05, 0) is 19.1 Å². The van der Waals surface area contributed by atoms with Crippen LogP contribution in [-0.2, 0) is 7.05 Å². The van der Waals surface area contributed by atoms with E-state index in [1.54, 1.807) is 12.1 Å². The molecule has 0 bridgehead atoms. The van der Waals surface area contributed by atoms with Crippen LogP contribution in [0.1, 0.15) is 16.2 Å². The molecule has 1 aromatic heterocycles. The van der Waals surface area contributed by atoms with E-state index in [9.17, 15) is 4.79 Å². The Morgan fingerprint density at radius 2 is 1.64 bits per heavy atom. The van der Waals surface area contributed by atoms with E-state index in [4.69, 9.17) is 14.2 Å². The standard InChI is InChI=1S/C21H23N3O4/c1-13-22-17(14-9-7-6-8-10-14)20(24(13)2)23-21(25)15-11-12-16(26-3)19(28-5)18(15)27-4/h6-12H,1-5H3,(H,23,25). The summed E-state index contributed by atoms with van der Waals surface area (Å²) in [6, 6.07) is 13.0. The number of aryl methyl sites for hydroxylation is 1. The second kappa shape index (κ2) is 8.04. The number of carbonyl (C=O) groups excluding carboxylic acids is 1. The highest BCUT2D eigenvalue weighted by Gasteiger charge is 2.23. The van der Waals surface area contributed by atoms with Crippen LogP contribution >= 0.6 is 0 Å². The number of aromatic nitrogens is 2. The van der Waals surface area contributed by atoms with Crippen LogP contribution in [0.3, 0.4) is 0 Å². The van der Waals surface area contributed by atoms with Gasteiger partial charge in [-0.2, -0.15) is 0 Å². The summed E-state index contributed by atoms with van der Waals surface area (Å²) in [7, 11) is 6.37. The molecule has 0 spiro atoms. The molecule has 0 saturated carbocycles. The molecule has 7 nitrogen and oxygen atoms in total. The molecule has 1 amide bonds. The third-order valence-electron chi connectivity index (χ3n) is 4.55. The van der Waals surface area contributed by atoms with E-state index in [0.717, 1.165) is 11.4 Å². The summed E-state index contributed by atoms with van der Waals surface area (Å²) >= 11 is 0. The molecular weight excluding hydrogens is 358 g/mol. The minimum absolute atomic E-state index is 0.305. The fraction of sp³-hybridized carbons (Fsp3) is 0.238. The molecule has 1 N–H and O–H groups in total. The zero-order valence-corrected chi connectivity index (χ0v) is 16.6. The molecular formula is C21H23N3O4. The number of nitrogens with one attached hydrogen (secondary N) is 1. The fourth-order valence-corrected chi connectivity index (χ4v) is 3.01. The average molecular weight is 381 g/mol. The molecule has 3 rings (SSSR count). The van der Waals surface area contributed by atoms with E-state index < -0.39 is 0 Å². The third kappa shape index (κ3) is 3.38. The van der Waals surface area contributed by atoms with Crippen molar-refractivity contribution in [3.63, 3.8) is 0 Å². The lowest BCUT2D eigenvalue weighted by Gasteiger charge is -2.16. The van der Waals surface area contributed by atoms with Crippen LogP contribution in [0.25, 0.3) is 11.3 Å². The van der Waals surface area contributed by atoms with Gasteiger partial charge in [0.05, 0.1) is 26.9 Å². The van der Waals surface area contributed by atoms with Gasteiger partial charge in [-0.3, -0.25) is 4.79 Å². The molecule has 3 aromatic rings. The van der Waals surface area contributed by atoms with Crippen LogP contribution in [0.2, 0.25) is 0 Å². The molecule has 0 aliphatic carbocycles. The molecule has 0 aliphatic rings. The molecule has 2 aromatic carbocycles. The SMILES string of the molecule is COc1ccc(C(=O)Nc2c(-c3ccccc3)nc(C)n2C)c(OC)c1OC. The quantitative estimate of drug-likeness (QED) is 0.705. The van der Waals surface area contributed by atoms with Crippen LogP contribution in [0.4, 0.5) is 5.82 Å². The fourth-order valence-electron chi connectivity index (χ4n) is 3.01. The largest absolute Gasteiger partial charge is 0.493 e. The van der Waals surface area contributed by atoms with Crippen LogP contribution in [0, 0.1) is 6.92 Å². The Kier molecular flexibility index (Phi) is 5.54. The minimum Gasteiger partial charge on any atom is -0.493 e. The summed E-state index contributed by atoms with van der Waals surface area (Å²) in [5, 5.41) is 2.96. The van der Waals surface area contributed by atoms with E-state index in [1.807, 2.05) is 48.9 Å². The molecule has 1 heterocycles. The zero-order valence-electron chi connectivity index (χ0n) is 16.6. The van der Waals surface area contributed by atoms with Gasteiger partial charge in [0.1, 0.15) is 17.3 Å². The summed E-state index contributed by atoms with van der Waals surface area (Å²) in [6.07, 6.45) is 0. The van der Waals surface area contributed by atoms with E-state index >= 15 is 0 Å². The second-order valence-electron chi connectivity index (χ2n) is 6.12. The smallest absolute Gasteiger partial charge is 0.260 e. The van der Waals surface area contributed by atoms with Gasteiger partial charge >= 0.3 is 0 Å². The highest BCUT2D eigenvalue weighted by molar-refractivity contribution is 6.08. The van der Waals surface area contributed by atoms with Gasteiger partial charge < -0.3 is 24.1 Å². The van der Waals surface area contributed by atoms with Gasteiger partial charge in [-0.25, -0.2) is 4.98 Å². The average Bonchev–Trinajstić information content (AvgIpc) is 3.01. The van der Waals surface area contributed by atoms with Crippen LogP contribution in [0.5, 0.6) is 17.2 Å². The van der Waals surface area contributed by atoms with E-state index in [2.05, 4.69) is 10.3 Å². The highest BCUT2D eigenvalue weighted by atomic mass is 16.5. The van der Waals surface area contributed by atoms with Crippen molar-refractivity contribution < 1.29 is 19.0 Å². The number of carbonyl (C=O) groups is 1. The number of methoxy groups -OCH3 is 3. The third-order valence-corrected chi connectivity index (χ3v) is 4.55. The van der Waals surface area contributed by atoms with Gasteiger partial charge in [-0.15, -0.1) is 0 Å². The van der Waals surface area contributed by atoms with Gasteiger partial charge in [0, 0.05) is 12.6 Å². The van der Waals surface area contributed by atoms with Crippen molar-refractivity contribution in [3.8, 4) is 28.5 Å². The second-order valence-corrected chi connectivity index (χ2v) is 6.12. The van der Waals surface area contributed by atoms with Crippen LogP contribution in [0.15, 0.2) is 42.5 Å². The van der Waals surface area contributed by atoms with Crippen molar-refractivity contribution in [2.45, 2.75) is 6.92 Å². The van der Waals surface area contributed by atoms with E-state index in [-0.39, 0.29) is 5.91 Å². The van der Waals surface area contributed by atoms with E-state index in [0.29, 0.717) is 34.3 Å². The first-order valence-corrected chi connectivity index (χ1v) is 8.70. The van der Waals surface area contributed by atoms with Gasteiger partial charge in [0.15, 0.2) is 11.5 Å². The van der Waals surface area contributed by atoms with Crippen LogP contribution < -0.4 is 19.5 Å². The lowest BCUT2D eigenvalue weighted by molar-refractivity contribution is 0.102. The first kappa shape index (κ1) is 19.3. The molecule has 0 fully saturated rings. The minimum atomic E-state index is -0.335. The normalized spacial score (nSPS) is 10.5. The molecule has 0 radical (unpaired) electrons. The highest BCUT2D eigenvalue weighted by Crippen LogP contribution is 2.40. The van der Waals surface area contributed by atoms with Crippen molar-refractivity contribution in [2.75, 3.05) is 26.6 Å². The first-order chi connectivity index (χ1) is 13.5. The lowest BCUT2D eigenvalue weighted by atomic mass is 10.1. The summed E-state index contributed by atoms with van der Waals surface area (Å²) in [6.45, 7) is 1.89. The number of benzene rings is 2. The Morgan fingerprint density at radius 3 is 2.25 bits per heavy atom. The number of ether oxygens (including phenoxy) is 3. The summed E-state index contributed by atoms with van der Waals surface area (Å²) < 4.78 is 17.9. The first-order valence-electron chi connectivity index (χ1n) is 8.70. The summed E-state index contributed by atoms with van der Waals surface area (Å²) in [5.74, 6) is 2.20. The number of hydrogen-bond acceptors (Lipinski definition) is 5. The van der Waals surface area contributed by atoms with Crippen molar-refractivity contribution in [2.24, 2.45) is 7.05 Å². The Labute approximate surface area is 163 Å². The van der Waals surface area contributed by atoms with Crippen molar-refractivity contribution in [1.29, 1.82) is 0 Å². The monoisotopic (exact) mass is 381 g/mol. The van der Waals surface area contributed by atoms with Gasteiger partial charge in [0.25, 0.3) is 5.91 Å². The van der Waals surface area contributed by atoms with Gasteiger partial charge in [0.2, 0.25) is 5.75 Å². The number of amides is 1. The number of anilines is 1. The van der Waals surface area contributed by atoms with Crippen molar-refractivity contribution >= 4 is 11.7 Å². The Bertz CT molecular complexity index is 997. The van der Waals surface area contributed by atoms with Crippen molar-refractivity contribution in [1.82, 2.24) is 9.55 Å². The molecule has 0 unspecified atom stereocenters. The summed E-state index contributed by atoms with van der Waals surface area (Å²) in [5.41, 5.74) is 1.95. The Balaban J connectivity index is 2.03. The molecule has 146 valence electrons. The van der Waals surface area contributed by atoms with E-state index in [1.165, 1.54) is 21.3 Å². The maximum atomic E-state index is 13.1. The molecule has 0 aliphatic heterocycles. The summed E-state index contributed by atoms with van der Waals surface area (Å²) in [4.78, 5) is 17.7. The Morgan fingerprint density at radius 1 is 0.964 bits per heavy atom. The molecule has 28 heavy (non-hydrogen) atoms. The predicted molar refractivity (Wildman–Crippen MR) is 107 cm³/mol. The van der Waals surface area contributed by atoms with Crippen LogP contribution in [-0.4, -0.2) is 36.8 Å². The van der Waals surface area contributed by atoms with Gasteiger partial charge in [-0.1, -0.05) is 30.3 Å². The van der Waals surface area contributed by atoms with Crippen molar-refractivity contribution in [3.05, 3.63) is 53.9 Å². The topological polar surface area (TPSA) is 74.6 Å². The number of imidazole rings is 1. The maximum absolute atomic E-state index is 13.1. The lowest BCUT2D eigenvalue weighted by Crippen LogP contribution is -2.16. The molecule has 0 saturated heterocycles. The molecule has 0 atom stereocenters. The zero-order chi connectivity index (χ0) is 20.3. The maximum Gasteiger partial charge on any atom is 0.260 e. The predicted octanol–water partition coefficient (Wildman–Crippen LogP) is 3.67. The number of hydrogen-bond donors (Lipinski definition) is 1. The number of rotatable bonds is 6. The molecule has 7 heteroatoms. The Hall–Kier alpha value is -3.48. The number of nitrogens with zero attached hydrogens (tertiary/aromatic N) is 2.